The van der Waals surface area contributed by atoms with Crippen molar-refractivity contribution in [3.63, 3.8) is 0 Å². The molecule has 2 amide bonds. The first-order valence-corrected chi connectivity index (χ1v) is 10.9. The summed E-state index contributed by atoms with van der Waals surface area (Å²) in [5, 5.41) is 13.1. The first-order valence-electron chi connectivity index (χ1n) is 9.89. The summed E-state index contributed by atoms with van der Waals surface area (Å²) in [7, 11) is 1.62. The second-order valence-corrected chi connectivity index (χ2v) is 8.42. The van der Waals surface area contributed by atoms with Crippen molar-refractivity contribution in [3.05, 3.63) is 65.7 Å². The van der Waals surface area contributed by atoms with E-state index in [2.05, 4.69) is 21.6 Å². The molecule has 0 fully saturated rings. The number of pyridine rings is 1. The number of aromatic nitrogens is 3. The van der Waals surface area contributed by atoms with Crippen LogP contribution in [-0.2, 0) is 9.59 Å². The SMILES string of the molecule is Cc1ccc(NC(=O)CN(C)C(=O)CSc2nnc3cc(C)c4ccccc4n23)cc1. The molecular weight excluding hydrogens is 410 g/mol. The van der Waals surface area contributed by atoms with Gasteiger partial charge in [0.1, 0.15) is 0 Å². The van der Waals surface area contributed by atoms with Crippen molar-refractivity contribution >= 4 is 45.8 Å². The summed E-state index contributed by atoms with van der Waals surface area (Å²) in [4.78, 5) is 26.3. The number of rotatable bonds is 6. The van der Waals surface area contributed by atoms with Crippen LogP contribution in [-0.4, -0.2) is 50.7 Å². The van der Waals surface area contributed by atoms with Crippen LogP contribution in [0.5, 0.6) is 0 Å². The normalized spacial score (nSPS) is 11.1. The number of nitrogens with one attached hydrogen (secondary N) is 1. The molecule has 0 aliphatic rings. The van der Waals surface area contributed by atoms with Crippen LogP contribution in [0.15, 0.2) is 59.8 Å². The number of hydrogen-bond donors (Lipinski definition) is 1. The molecule has 4 aromatic rings. The van der Waals surface area contributed by atoms with Crippen LogP contribution in [0.3, 0.4) is 0 Å². The highest BCUT2D eigenvalue weighted by Crippen LogP contribution is 2.25. The largest absolute Gasteiger partial charge is 0.336 e. The van der Waals surface area contributed by atoms with Gasteiger partial charge in [-0.15, -0.1) is 10.2 Å². The van der Waals surface area contributed by atoms with Crippen LogP contribution >= 0.6 is 11.8 Å². The molecule has 0 saturated heterocycles. The molecule has 2 aromatic carbocycles. The Kier molecular flexibility index (Phi) is 5.90. The Bertz CT molecular complexity index is 1270. The average Bonchev–Trinajstić information content (AvgIpc) is 3.16. The molecule has 0 saturated carbocycles. The lowest BCUT2D eigenvalue weighted by molar-refractivity contribution is -0.131. The number of hydrogen-bond acceptors (Lipinski definition) is 5. The zero-order valence-electron chi connectivity index (χ0n) is 17.6. The Morgan fingerprint density at radius 3 is 2.58 bits per heavy atom. The number of amides is 2. The quantitative estimate of drug-likeness (QED) is 0.469. The van der Waals surface area contributed by atoms with E-state index in [1.807, 2.05) is 66.8 Å². The first-order chi connectivity index (χ1) is 14.9. The third-order valence-corrected chi connectivity index (χ3v) is 5.95. The van der Waals surface area contributed by atoms with E-state index in [0.717, 1.165) is 27.7 Å². The predicted octanol–water partition coefficient (Wildman–Crippen LogP) is 3.69. The van der Waals surface area contributed by atoms with Gasteiger partial charge < -0.3 is 10.2 Å². The summed E-state index contributed by atoms with van der Waals surface area (Å²) in [6.07, 6.45) is 0. The van der Waals surface area contributed by atoms with Gasteiger partial charge in [-0.3, -0.25) is 14.0 Å². The number of anilines is 1. The zero-order chi connectivity index (χ0) is 22.0. The van der Waals surface area contributed by atoms with Crippen LogP contribution < -0.4 is 5.32 Å². The molecule has 0 unspecified atom stereocenters. The fourth-order valence-electron chi connectivity index (χ4n) is 3.35. The van der Waals surface area contributed by atoms with Gasteiger partial charge in [-0.25, -0.2) is 0 Å². The number of likely N-dealkylation sites (N-methyl/N-ethyl adjacent to an activating group) is 1. The lowest BCUT2D eigenvalue weighted by Crippen LogP contribution is -2.36. The summed E-state index contributed by atoms with van der Waals surface area (Å²) >= 11 is 1.31. The minimum Gasteiger partial charge on any atom is -0.336 e. The van der Waals surface area contributed by atoms with Gasteiger partial charge in [-0.1, -0.05) is 47.7 Å². The zero-order valence-corrected chi connectivity index (χ0v) is 18.4. The van der Waals surface area contributed by atoms with Gasteiger partial charge in [0.15, 0.2) is 10.8 Å². The fourth-order valence-corrected chi connectivity index (χ4v) is 4.24. The molecule has 0 aliphatic carbocycles. The molecule has 7 nitrogen and oxygen atoms in total. The maximum atomic E-state index is 12.6. The van der Waals surface area contributed by atoms with E-state index >= 15 is 0 Å². The predicted molar refractivity (Wildman–Crippen MR) is 123 cm³/mol. The van der Waals surface area contributed by atoms with Gasteiger partial charge in [-0.2, -0.15) is 0 Å². The van der Waals surface area contributed by atoms with Gasteiger partial charge in [0, 0.05) is 18.1 Å². The Hall–Kier alpha value is -3.39. The molecule has 0 spiro atoms. The summed E-state index contributed by atoms with van der Waals surface area (Å²) in [5.41, 5.74) is 4.71. The van der Waals surface area contributed by atoms with Crippen molar-refractivity contribution < 1.29 is 9.59 Å². The van der Waals surface area contributed by atoms with E-state index in [1.54, 1.807) is 7.05 Å². The number of benzene rings is 2. The molecule has 4 rings (SSSR count). The minimum atomic E-state index is -0.237. The van der Waals surface area contributed by atoms with Gasteiger partial charge in [0.2, 0.25) is 11.8 Å². The Morgan fingerprint density at radius 2 is 1.81 bits per heavy atom. The maximum absolute atomic E-state index is 12.6. The van der Waals surface area contributed by atoms with Gasteiger partial charge in [0.05, 0.1) is 17.8 Å². The maximum Gasteiger partial charge on any atom is 0.243 e. The Balaban J connectivity index is 1.41. The molecule has 2 aromatic heterocycles. The minimum absolute atomic E-state index is 0.0179. The van der Waals surface area contributed by atoms with Crippen molar-refractivity contribution in [1.29, 1.82) is 0 Å². The third-order valence-electron chi connectivity index (χ3n) is 5.04. The topological polar surface area (TPSA) is 79.6 Å². The first kappa shape index (κ1) is 20.9. The van der Waals surface area contributed by atoms with Crippen LogP contribution in [0.4, 0.5) is 5.69 Å². The van der Waals surface area contributed by atoms with Crippen LogP contribution in [0.25, 0.3) is 16.6 Å². The number of fused-ring (bicyclic) bond motifs is 3. The molecular formula is C23H23N5O2S. The molecule has 31 heavy (non-hydrogen) atoms. The number of aryl methyl sites for hydroxylation is 2. The van der Waals surface area contributed by atoms with E-state index in [0.29, 0.717) is 10.8 Å². The second kappa shape index (κ2) is 8.77. The van der Waals surface area contributed by atoms with E-state index in [1.165, 1.54) is 16.7 Å². The lowest BCUT2D eigenvalue weighted by Gasteiger charge is -2.16. The van der Waals surface area contributed by atoms with E-state index in [9.17, 15) is 9.59 Å². The van der Waals surface area contributed by atoms with Crippen molar-refractivity contribution in [2.24, 2.45) is 0 Å². The van der Waals surface area contributed by atoms with Crippen molar-refractivity contribution in [3.8, 4) is 0 Å². The van der Waals surface area contributed by atoms with E-state index < -0.39 is 0 Å². The van der Waals surface area contributed by atoms with Crippen LogP contribution in [0.2, 0.25) is 0 Å². The molecule has 158 valence electrons. The lowest BCUT2D eigenvalue weighted by atomic mass is 10.1. The van der Waals surface area contributed by atoms with Crippen LogP contribution in [0, 0.1) is 13.8 Å². The van der Waals surface area contributed by atoms with Crippen molar-refractivity contribution in [1.82, 2.24) is 19.5 Å². The van der Waals surface area contributed by atoms with Crippen LogP contribution in [0.1, 0.15) is 11.1 Å². The monoisotopic (exact) mass is 433 g/mol. The summed E-state index contributed by atoms with van der Waals surface area (Å²) in [5.74, 6) is -0.228. The molecule has 0 radical (unpaired) electrons. The fraction of sp³-hybridized carbons (Fsp3) is 0.217. The van der Waals surface area contributed by atoms with Crippen molar-refractivity contribution in [2.75, 3.05) is 24.7 Å². The number of nitrogens with zero attached hydrogens (tertiary/aromatic N) is 4. The van der Waals surface area contributed by atoms with Gasteiger partial charge in [-0.05, 0) is 43.7 Å². The summed E-state index contributed by atoms with van der Waals surface area (Å²) in [6.45, 7) is 4.01. The second-order valence-electron chi connectivity index (χ2n) is 7.47. The number of thioether (sulfide) groups is 1. The van der Waals surface area contributed by atoms with Gasteiger partial charge >= 0.3 is 0 Å². The number of carbonyl (C=O) groups excluding carboxylic acids is 2. The molecule has 0 atom stereocenters. The average molecular weight is 434 g/mol. The summed E-state index contributed by atoms with van der Waals surface area (Å²) in [6, 6.07) is 17.6. The summed E-state index contributed by atoms with van der Waals surface area (Å²) < 4.78 is 1.96. The molecule has 0 aliphatic heterocycles. The number of para-hydroxylation sites is 1. The molecule has 0 bridgehead atoms. The smallest absolute Gasteiger partial charge is 0.243 e. The molecule has 8 heteroatoms. The molecule has 2 heterocycles. The standard InChI is InChI=1S/C23H23N5O2S/c1-15-8-10-17(11-9-15)24-21(29)13-27(3)22(30)14-31-23-26-25-20-12-16(2)18-6-4-5-7-19(18)28(20)23/h4-12H,13-14H2,1-3H3,(H,24,29). The van der Waals surface area contributed by atoms with E-state index in [-0.39, 0.29) is 24.1 Å². The third kappa shape index (κ3) is 4.54. The highest BCUT2D eigenvalue weighted by atomic mass is 32.2. The Morgan fingerprint density at radius 1 is 1.06 bits per heavy atom. The highest BCUT2D eigenvalue weighted by molar-refractivity contribution is 7.99. The Labute approximate surface area is 184 Å². The number of carbonyl (C=O) groups is 2. The van der Waals surface area contributed by atoms with E-state index in [4.69, 9.17) is 0 Å². The van der Waals surface area contributed by atoms with Gasteiger partial charge in [0.25, 0.3) is 0 Å². The molecule has 1 N–H and O–H groups in total. The highest BCUT2D eigenvalue weighted by Gasteiger charge is 2.17. The van der Waals surface area contributed by atoms with Crippen molar-refractivity contribution in [2.45, 2.75) is 19.0 Å².